The lowest BCUT2D eigenvalue weighted by Crippen LogP contribution is -2.30. The average molecular weight is 440 g/mol. The maximum absolute atomic E-state index is 12.9. The number of anilines is 1. The number of aryl methyl sites for hydroxylation is 1. The first-order valence-corrected chi connectivity index (χ1v) is 9.51. The minimum Gasteiger partial charge on any atom is -0.406 e. The summed E-state index contributed by atoms with van der Waals surface area (Å²) in [6.07, 6.45) is -3.29. The van der Waals surface area contributed by atoms with Crippen LogP contribution in [0.15, 0.2) is 84.6 Å². The van der Waals surface area contributed by atoms with E-state index in [1.54, 1.807) is 36.4 Å². The van der Waals surface area contributed by atoms with E-state index in [4.69, 9.17) is 0 Å². The van der Waals surface area contributed by atoms with Gasteiger partial charge in [-0.1, -0.05) is 48.0 Å². The van der Waals surface area contributed by atoms with Crippen LogP contribution in [0, 0.1) is 6.92 Å². The van der Waals surface area contributed by atoms with E-state index in [9.17, 15) is 22.8 Å². The number of rotatable bonds is 6. The molecule has 2 amide bonds. The van der Waals surface area contributed by atoms with Crippen LogP contribution in [0.25, 0.3) is 6.08 Å². The highest BCUT2D eigenvalue weighted by Gasteiger charge is 2.31. The molecule has 0 unspecified atom stereocenters. The SMILES string of the molecule is Cc1cccc(C=C(NC(=O)c2ccccc2)C(=O)Nc2ccc(OC(F)(F)F)cc2)c1. The minimum atomic E-state index is -4.81. The van der Waals surface area contributed by atoms with Crippen molar-refractivity contribution in [2.45, 2.75) is 13.3 Å². The molecule has 2 N–H and O–H groups in total. The van der Waals surface area contributed by atoms with Crippen LogP contribution >= 0.6 is 0 Å². The highest BCUT2D eigenvalue weighted by Crippen LogP contribution is 2.24. The van der Waals surface area contributed by atoms with Gasteiger partial charge in [0.2, 0.25) is 0 Å². The molecule has 0 saturated carbocycles. The standard InChI is InChI=1S/C24H19F3N2O3/c1-16-6-5-7-17(14-16)15-21(29-22(30)18-8-3-2-4-9-18)23(31)28-19-10-12-20(13-11-19)32-24(25,26)27/h2-15H,1H3,(H,28,31)(H,29,30). The fraction of sp³-hybridized carbons (Fsp3) is 0.0833. The van der Waals surface area contributed by atoms with Crippen molar-refractivity contribution >= 4 is 23.6 Å². The second-order valence-corrected chi connectivity index (χ2v) is 6.82. The zero-order chi connectivity index (χ0) is 23.1. The van der Waals surface area contributed by atoms with Crippen LogP contribution in [0.3, 0.4) is 0 Å². The summed E-state index contributed by atoms with van der Waals surface area (Å²) in [5, 5.41) is 5.17. The molecule has 0 saturated heterocycles. The van der Waals surface area contributed by atoms with Gasteiger partial charge in [0.1, 0.15) is 11.4 Å². The van der Waals surface area contributed by atoms with Gasteiger partial charge in [-0.15, -0.1) is 13.2 Å². The predicted molar refractivity (Wildman–Crippen MR) is 115 cm³/mol. The second kappa shape index (κ2) is 9.82. The fourth-order valence-electron chi connectivity index (χ4n) is 2.81. The molecule has 0 aliphatic carbocycles. The van der Waals surface area contributed by atoms with Gasteiger partial charge in [0.25, 0.3) is 11.8 Å². The van der Waals surface area contributed by atoms with Crippen molar-refractivity contribution in [2.75, 3.05) is 5.32 Å². The van der Waals surface area contributed by atoms with E-state index in [0.29, 0.717) is 11.1 Å². The summed E-state index contributed by atoms with van der Waals surface area (Å²) in [5.74, 6) is -1.53. The molecule has 0 aliphatic heterocycles. The number of hydrogen-bond donors (Lipinski definition) is 2. The number of amides is 2. The Kier molecular flexibility index (Phi) is 6.94. The van der Waals surface area contributed by atoms with Gasteiger partial charge in [0.05, 0.1) is 0 Å². The molecule has 0 bridgehead atoms. The number of ether oxygens (including phenoxy) is 1. The summed E-state index contributed by atoms with van der Waals surface area (Å²) < 4.78 is 40.8. The van der Waals surface area contributed by atoms with Gasteiger partial charge < -0.3 is 15.4 Å². The Bertz CT molecular complexity index is 1130. The summed E-state index contributed by atoms with van der Waals surface area (Å²) in [6.45, 7) is 1.89. The van der Waals surface area contributed by atoms with Crippen LogP contribution in [0.4, 0.5) is 18.9 Å². The van der Waals surface area contributed by atoms with Gasteiger partial charge in [-0.05, 0) is 55.0 Å². The summed E-state index contributed by atoms with van der Waals surface area (Å²) >= 11 is 0. The molecule has 5 nitrogen and oxygen atoms in total. The Morgan fingerprint density at radius 3 is 2.22 bits per heavy atom. The lowest BCUT2D eigenvalue weighted by molar-refractivity contribution is -0.274. The van der Waals surface area contributed by atoms with Gasteiger partial charge in [0, 0.05) is 11.3 Å². The van der Waals surface area contributed by atoms with Crippen LogP contribution in [0.2, 0.25) is 0 Å². The van der Waals surface area contributed by atoms with Gasteiger partial charge in [-0.2, -0.15) is 0 Å². The molecule has 3 aromatic rings. The highest BCUT2D eigenvalue weighted by atomic mass is 19.4. The molecule has 0 aliphatic rings. The Hall–Kier alpha value is -4.07. The Morgan fingerprint density at radius 2 is 1.59 bits per heavy atom. The van der Waals surface area contributed by atoms with E-state index in [1.165, 1.54) is 18.2 Å². The zero-order valence-electron chi connectivity index (χ0n) is 16.9. The summed E-state index contributed by atoms with van der Waals surface area (Å²) in [7, 11) is 0. The topological polar surface area (TPSA) is 67.4 Å². The molecule has 0 heterocycles. The molecule has 164 valence electrons. The van der Waals surface area contributed by atoms with Crippen molar-refractivity contribution in [3.63, 3.8) is 0 Å². The van der Waals surface area contributed by atoms with Crippen LogP contribution < -0.4 is 15.4 Å². The largest absolute Gasteiger partial charge is 0.573 e. The lowest BCUT2D eigenvalue weighted by atomic mass is 10.1. The quantitative estimate of drug-likeness (QED) is 0.511. The summed E-state index contributed by atoms with van der Waals surface area (Å²) in [5.41, 5.74) is 2.23. The third kappa shape index (κ3) is 6.73. The number of nitrogens with one attached hydrogen (secondary N) is 2. The van der Waals surface area contributed by atoms with Crippen molar-refractivity contribution in [1.29, 1.82) is 0 Å². The van der Waals surface area contributed by atoms with Gasteiger partial charge in [-0.3, -0.25) is 9.59 Å². The normalized spacial score (nSPS) is 11.6. The van der Waals surface area contributed by atoms with Crippen molar-refractivity contribution in [3.05, 3.63) is 101 Å². The smallest absolute Gasteiger partial charge is 0.406 e. The molecular weight excluding hydrogens is 421 g/mol. The van der Waals surface area contributed by atoms with E-state index >= 15 is 0 Å². The summed E-state index contributed by atoms with van der Waals surface area (Å²) in [4.78, 5) is 25.5. The number of carbonyl (C=O) groups excluding carboxylic acids is 2. The molecule has 0 spiro atoms. The van der Waals surface area contributed by atoms with Gasteiger partial charge >= 0.3 is 6.36 Å². The molecule has 32 heavy (non-hydrogen) atoms. The summed E-state index contributed by atoms with van der Waals surface area (Å²) in [6, 6.07) is 20.4. The molecule has 3 aromatic carbocycles. The van der Waals surface area contributed by atoms with E-state index in [1.807, 2.05) is 25.1 Å². The second-order valence-electron chi connectivity index (χ2n) is 6.82. The Labute approximate surface area is 182 Å². The van der Waals surface area contributed by atoms with Crippen molar-refractivity contribution in [3.8, 4) is 5.75 Å². The molecule has 8 heteroatoms. The maximum Gasteiger partial charge on any atom is 0.573 e. The monoisotopic (exact) mass is 440 g/mol. The average Bonchev–Trinajstić information content (AvgIpc) is 2.74. The van der Waals surface area contributed by atoms with Crippen molar-refractivity contribution < 1.29 is 27.5 Å². The molecule has 0 aromatic heterocycles. The number of carbonyl (C=O) groups is 2. The number of benzene rings is 3. The fourth-order valence-corrected chi connectivity index (χ4v) is 2.81. The van der Waals surface area contributed by atoms with E-state index in [0.717, 1.165) is 17.7 Å². The first-order valence-electron chi connectivity index (χ1n) is 9.51. The van der Waals surface area contributed by atoms with E-state index < -0.39 is 23.9 Å². The number of alkyl halides is 3. The Morgan fingerprint density at radius 1 is 0.906 bits per heavy atom. The predicted octanol–water partition coefficient (Wildman–Crippen LogP) is 5.30. The van der Waals surface area contributed by atoms with E-state index in [-0.39, 0.29) is 11.4 Å². The highest BCUT2D eigenvalue weighted by molar-refractivity contribution is 6.10. The Balaban J connectivity index is 1.82. The van der Waals surface area contributed by atoms with Crippen LogP contribution in [0.5, 0.6) is 5.75 Å². The molecule has 0 radical (unpaired) electrons. The first-order chi connectivity index (χ1) is 15.2. The molecule has 0 fully saturated rings. The first kappa shape index (κ1) is 22.6. The van der Waals surface area contributed by atoms with Crippen molar-refractivity contribution in [2.24, 2.45) is 0 Å². The van der Waals surface area contributed by atoms with Crippen molar-refractivity contribution in [1.82, 2.24) is 5.32 Å². The lowest BCUT2D eigenvalue weighted by Gasteiger charge is -2.13. The van der Waals surface area contributed by atoms with Crippen LogP contribution in [-0.4, -0.2) is 18.2 Å². The van der Waals surface area contributed by atoms with Crippen LogP contribution in [0.1, 0.15) is 21.5 Å². The molecule has 0 atom stereocenters. The van der Waals surface area contributed by atoms with Gasteiger partial charge in [0.15, 0.2) is 0 Å². The third-order valence-corrected chi connectivity index (χ3v) is 4.23. The molecular formula is C24H19F3N2O3. The number of hydrogen-bond acceptors (Lipinski definition) is 3. The zero-order valence-corrected chi connectivity index (χ0v) is 16.9. The van der Waals surface area contributed by atoms with Gasteiger partial charge in [-0.25, -0.2) is 0 Å². The van der Waals surface area contributed by atoms with E-state index in [2.05, 4.69) is 15.4 Å². The third-order valence-electron chi connectivity index (χ3n) is 4.23. The van der Waals surface area contributed by atoms with Crippen LogP contribution in [-0.2, 0) is 4.79 Å². The molecule has 3 rings (SSSR count). The number of halogens is 3. The maximum atomic E-state index is 12.9. The minimum absolute atomic E-state index is 0.0277.